The van der Waals surface area contributed by atoms with Crippen molar-refractivity contribution in [3.8, 4) is 34.7 Å². The topological polar surface area (TPSA) is 445 Å². The second-order valence-corrected chi connectivity index (χ2v) is 41.8. The quantitative estimate of drug-likeness (QED) is 0.0446. The number of aryl methyl sites for hydroxylation is 4. The van der Waals surface area contributed by atoms with Gasteiger partial charge >= 0.3 is 0 Å². The number of rotatable bonds is 19. The van der Waals surface area contributed by atoms with Gasteiger partial charge in [0.05, 0.1) is 188 Å². The first-order valence-electron chi connectivity index (χ1n) is 46.7. The zero-order valence-corrected chi connectivity index (χ0v) is 87.5. The summed E-state index contributed by atoms with van der Waals surface area (Å²) in [4.78, 5) is 26.4. The van der Waals surface area contributed by atoms with E-state index >= 15 is 0 Å². The molecule has 0 aliphatic heterocycles. The third kappa shape index (κ3) is 26.2. The fraction of sp³-hybridized carbons (Fsp3) is 0.546. The van der Waals surface area contributed by atoms with Gasteiger partial charge in [0.15, 0.2) is 0 Å². The van der Waals surface area contributed by atoms with Crippen LogP contribution in [-0.2, 0) is 66.0 Å². The Hall–Kier alpha value is -12.7. The molecule has 16 rings (SSSR count). The fourth-order valence-corrected chi connectivity index (χ4v) is 16.3. The van der Waals surface area contributed by atoms with E-state index in [4.69, 9.17) is 13.1 Å². The van der Waals surface area contributed by atoms with E-state index in [9.17, 15) is 10.5 Å². The molecule has 41 heteroatoms. The van der Waals surface area contributed by atoms with E-state index in [-0.39, 0.29) is 101 Å². The van der Waals surface area contributed by atoms with Crippen LogP contribution in [-0.4, -0.2) is 162 Å². The number of hydrogen-bond donors (Lipinski definition) is 1. The van der Waals surface area contributed by atoms with Crippen LogP contribution >= 0.6 is 0 Å². The van der Waals surface area contributed by atoms with Crippen LogP contribution in [0, 0.1) is 63.5 Å². The zero-order valence-electron chi connectivity index (χ0n) is 85.4. The van der Waals surface area contributed by atoms with Gasteiger partial charge in [-0.05, 0) is 157 Å². The fourth-order valence-electron chi connectivity index (χ4n) is 16.3. The molecule has 12 aromatic heterocycles. The molecular weight excluding hydrogens is 1830 g/mol. The summed E-state index contributed by atoms with van der Waals surface area (Å²) in [6.07, 6.45) is 16.1. The van der Waals surface area contributed by atoms with Crippen molar-refractivity contribution in [2.45, 2.75) is 288 Å². The van der Waals surface area contributed by atoms with Crippen molar-refractivity contribution in [2.24, 2.45) is 40.9 Å². The van der Waals surface area contributed by atoms with Gasteiger partial charge in [-0.2, -0.15) is 10.5 Å². The first kappa shape index (κ1) is 109. The van der Waals surface area contributed by atoms with E-state index in [0.717, 1.165) is 40.3 Å². The molecular formula is C97H132Co2N39-5. The SMILES string of the molecule is CC[NH+](CC)CC.C[N+](C)(CCC[N+](C)(C)C1CCCCC1)C1CCCCC1.Cc1nn2nc(C(C)(C)C)c(N=Nc3[n-]nc(-c4ccccc4)c3C#N)c2[n-]1.Cc1nn2nc(C(C)(C)C)c(N=Nc3[n-]nc(C(C)(C)C)c3C#N)c2[n-]1.[C-]#[N+]c1c(-c2ccccc2)n[n-]c1N=Nc1c(C(C)(C)C)nn2nc(C)[n-]c12.[C-]#[N+]c1c(C(C)(C)C)n[n-]c1N=Nc1c(C(C)(C)C)nn2nc(C)[n-]c12.[Co].[Co]. The van der Waals surface area contributed by atoms with Crippen LogP contribution < -0.4 is 45.2 Å². The Labute approximate surface area is 829 Å². The van der Waals surface area contributed by atoms with E-state index in [1.165, 1.54) is 131 Å². The summed E-state index contributed by atoms with van der Waals surface area (Å²) in [6, 6.07) is 24.9. The Morgan fingerprint density at radius 2 is 0.659 bits per heavy atom. The number of nitrogens with one attached hydrogen (secondary N) is 1. The average molecular weight is 1960 g/mol. The van der Waals surface area contributed by atoms with Crippen LogP contribution in [0.2, 0.25) is 0 Å². The summed E-state index contributed by atoms with van der Waals surface area (Å²) in [6.45, 7) is 71.6. The van der Waals surface area contributed by atoms with Crippen molar-refractivity contribution in [3.05, 3.63) is 152 Å². The van der Waals surface area contributed by atoms with Gasteiger partial charge in [0.25, 0.3) is 0 Å². The molecule has 1 N–H and O–H groups in total. The van der Waals surface area contributed by atoms with Gasteiger partial charge in [0.1, 0.15) is 12.1 Å². The molecule has 2 aliphatic rings. The molecule has 0 bridgehead atoms. The van der Waals surface area contributed by atoms with Gasteiger partial charge < -0.3 is 95.0 Å². The molecule has 2 aromatic carbocycles. The van der Waals surface area contributed by atoms with Gasteiger partial charge in [0.2, 0.25) is 11.4 Å². The van der Waals surface area contributed by atoms with Gasteiger partial charge in [-0.15, -0.1) is 0 Å². The number of nitrogens with zero attached hydrogens (tertiary/aromatic N) is 38. The number of nitriles is 2. The first-order valence-corrected chi connectivity index (χ1v) is 46.7. The molecule has 2 saturated carbocycles. The molecule has 0 saturated heterocycles. The summed E-state index contributed by atoms with van der Waals surface area (Å²) in [5.74, 6) is 3.14. The van der Waals surface area contributed by atoms with Gasteiger partial charge in [-0.25, -0.2) is 30.1 Å². The van der Waals surface area contributed by atoms with E-state index in [2.05, 4.69) is 213 Å². The maximum atomic E-state index is 9.60. The number of fused-ring (bicyclic) bond motifs is 4. The van der Waals surface area contributed by atoms with Crippen LogP contribution in [0.3, 0.4) is 0 Å². The molecule has 0 atom stereocenters. The van der Waals surface area contributed by atoms with E-state index in [0.29, 0.717) is 108 Å². The van der Waals surface area contributed by atoms with Crippen molar-refractivity contribution in [1.29, 1.82) is 10.5 Å². The molecule has 2 fully saturated rings. The van der Waals surface area contributed by atoms with Crippen LogP contribution in [0.5, 0.6) is 0 Å². The second kappa shape index (κ2) is 45.2. The summed E-state index contributed by atoms with van der Waals surface area (Å²) in [5, 5.41) is 121. The maximum absolute atomic E-state index is 9.60. The van der Waals surface area contributed by atoms with E-state index < -0.39 is 0 Å². The van der Waals surface area contributed by atoms with Gasteiger partial charge in [-0.1, -0.05) is 198 Å². The van der Waals surface area contributed by atoms with Crippen molar-refractivity contribution >= 4 is 80.0 Å². The van der Waals surface area contributed by atoms with Crippen molar-refractivity contribution in [1.82, 2.24) is 120 Å². The number of benzene rings is 2. The Morgan fingerprint density at radius 3 is 0.971 bits per heavy atom. The molecule has 0 unspecified atom stereocenters. The third-order valence-corrected chi connectivity index (χ3v) is 24.0. The summed E-state index contributed by atoms with van der Waals surface area (Å²) >= 11 is 0. The number of azo groups is 4. The molecule has 2 aliphatic carbocycles. The monoisotopic (exact) mass is 1960 g/mol. The average Bonchev–Trinajstić information content (AvgIpc) is 1.62. The van der Waals surface area contributed by atoms with Crippen molar-refractivity contribution in [3.63, 3.8) is 0 Å². The molecule has 39 nitrogen and oxygen atoms in total. The molecule has 738 valence electrons. The molecule has 14 aromatic rings. The van der Waals surface area contributed by atoms with Crippen LogP contribution in [0.4, 0.5) is 57.4 Å². The number of quaternary nitrogens is 3. The summed E-state index contributed by atoms with van der Waals surface area (Å²) in [5.41, 5.74) is 10.4. The zero-order chi connectivity index (χ0) is 99.4. The first-order chi connectivity index (χ1) is 64.1. The number of aromatic nitrogens is 24. The smallest absolute Gasteiger partial charge is 0.214 e. The van der Waals surface area contributed by atoms with E-state index in [1.807, 2.05) is 185 Å². The predicted octanol–water partition coefficient (Wildman–Crippen LogP) is 19.1. The minimum atomic E-state index is -0.304. The Balaban J connectivity index is 0.000000189. The maximum Gasteiger partial charge on any atom is 0.214 e. The van der Waals surface area contributed by atoms with E-state index in [1.54, 1.807) is 32.6 Å². The molecule has 12 heterocycles. The minimum Gasteiger partial charge on any atom is -0.365 e. The van der Waals surface area contributed by atoms with Crippen molar-refractivity contribution < 1.29 is 47.4 Å². The largest absolute Gasteiger partial charge is 0.365 e. The van der Waals surface area contributed by atoms with Crippen LogP contribution in [0.1, 0.15) is 285 Å². The molecule has 138 heavy (non-hydrogen) atoms. The van der Waals surface area contributed by atoms with Crippen LogP contribution in [0.25, 0.3) is 54.8 Å². The third-order valence-electron chi connectivity index (χ3n) is 24.0. The Bertz CT molecular complexity index is 6280. The Morgan fingerprint density at radius 1 is 0.377 bits per heavy atom. The van der Waals surface area contributed by atoms with Gasteiger partial charge in [-0.3, -0.25) is 59.4 Å². The standard InChI is InChI=1S/2C19H17N9.C19H40N2.2C17H21N9.C6H15N.2Co/c1-11-21-18-15(16(19(2,3)4)27-28(18)26-11)23-25-17-14(20-5)13(22-24-17)12-9-7-6-8-10-12;1-11-21-18-15(16(19(2,3)4)27-28(18)26-11)23-25-17-13(10-20)14(22-24-17)12-8-6-5-7-9-12;1-20(2,18-12-7-5-8-13-18)16-11-17-21(3,4)19-14-9-6-10-15-19;1-9-19-15-11(13(17(5,6)7)25-26(15)24-9)20-22-14-10(18-8)12(21-23-14)16(2,3)4;1-9-19-15-11(13(17(5,6)7)25-26(15)24-9)20-22-14-10(8-18)12(21-23-14)16(2,3)4;1-4-7(5-2)6-3;;/h6-10H,1-4H3;5-9H,1-4H3;18-19H,5-17H2,1-4H3;2*1-7H3;4-6H2,1-3H3;;/q2*-2;+2;2*-2;;;/p+1. The molecule has 0 amide bonds. The summed E-state index contributed by atoms with van der Waals surface area (Å²) in [7, 11) is 9.93. The normalized spacial score (nSPS) is 13.9. The predicted molar refractivity (Wildman–Crippen MR) is 521 cm³/mol. The van der Waals surface area contributed by atoms with Crippen molar-refractivity contribution in [2.75, 3.05) is 60.9 Å². The minimum absolute atomic E-state index is 0. The van der Waals surface area contributed by atoms with Gasteiger partial charge in [0, 0.05) is 72.6 Å². The Kier molecular flexibility index (Phi) is 35.7. The summed E-state index contributed by atoms with van der Waals surface area (Å²) < 4.78 is 8.40. The van der Waals surface area contributed by atoms with Crippen LogP contribution in [0.15, 0.2) is 102 Å². The molecule has 2 radical (unpaired) electrons. The molecule has 0 spiro atoms. The number of hydrogen-bond acceptors (Lipinski definition) is 22. The second-order valence-electron chi connectivity index (χ2n) is 41.8.